The first-order valence-corrected chi connectivity index (χ1v) is 9.90. The molecule has 1 aliphatic rings. The summed E-state index contributed by atoms with van der Waals surface area (Å²) in [6.45, 7) is 8.86. The van der Waals surface area contributed by atoms with Gasteiger partial charge in [-0.2, -0.15) is 0 Å². The van der Waals surface area contributed by atoms with Gasteiger partial charge in [-0.25, -0.2) is 4.99 Å². The van der Waals surface area contributed by atoms with Crippen LogP contribution < -0.4 is 16.4 Å². The van der Waals surface area contributed by atoms with Crippen molar-refractivity contribution in [2.24, 2.45) is 10.7 Å². The van der Waals surface area contributed by atoms with Crippen LogP contribution in [-0.2, 0) is 11.3 Å². The van der Waals surface area contributed by atoms with Gasteiger partial charge in [0.1, 0.15) is 0 Å². The maximum absolute atomic E-state index is 12.0. The van der Waals surface area contributed by atoms with E-state index in [-0.39, 0.29) is 29.9 Å². The van der Waals surface area contributed by atoms with Crippen molar-refractivity contribution in [3.63, 3.8) is 0 Å². The molecule has 0 spiro atoms. The maximum Gasteiger partial charge on any atom is 0.251 e. The Morgan fingerprint density at radius 3 is 2.50 bits per heavy atom. The molecule has 1 saturated heterocycles. The second-order valence-corrected chi connectivity index (χ2v) is 6.74. The SMILES string of the molecule is CCCCNC(=O)c1ccc(CN=C(N)NCCCN2CCOCC2)cc1.I. The van der Waals surface area contributed by atoms with Gasteiger partial charge in [0.15, 0.2) is 5.96 Å². The minimum absolute atomic E-state index is 0. The predicted octanol–water partition coefficient (Wildman–Crippen LogP) is 1.96. The van der Waals surface area contributed by atoms with Gasteiger partial charge < -0.3 is 21.1 Å². The average molecular weight is 503 g/mol. The fraction of sp³-hybridized carbons (Fsp3) is 0.600. The van der Waals surface area contributed by atoms with E-state index in [9.17, 15) is 4.79 Å². The van der Waals surface area contributed by atoms with Crippen molar-refractivity contribution < 1.29 is 9.53 Å². The number of nitrogens with two attached hydrogens (primary N) is 1. The third kappa shape index (κ3) is 9.70. The number of carbonyl (C=O) groups excluding carboxylic acids is 1. The Kier molecular flexibility index (Phi) is 12.8. The Morgan fingerprint density at radius 1 is 1.14 bits per heavy atom. The first-order valence-electron chi connectivity index (χ1n) is 9.90. The Labute approximate surface area is 185 Å². The highest BCUT2D eigenvalue weighted by atomic mass is 127. The molecule has 7 nitrogen and oxygen atoms in total. The smallest absolute Gasteiger partial charge is 0.251 e. The van der Waals surface area contributed by atoms with Crippen molar-refractivity contribution in [1.29, 1.82) is 0 Å². The van der Waals surface area contributed by atoms with E-state index >= 15 is 0 Å². The van der Waals surface area contributed by atoms with E-state index in [0.717, 1.165) is 70.8 Å². The molecule has 0 atom stereocenters. The van der Waals surface area contributed by atoms with E-state index in [4.69, 9.17) is 10.5 Å². The van der Waals surface area contributed by atoms with Crippen LogP contribution in [0, 0.1) is 0 Å². The van der Waals surface area contributed by atoms with Gasteiger partial charge in [-0.05, 0) is 37.1 Å². The lowest BCUT2D eigenvalue weighted by molar-refractivity contribution is 0.0376. The fourth-order valence-corrected chi connectivity index (χ4v) is 2.82. The molecule has 0 unspecified atom stereocenters. The molecular weight excluding hydrogens is 469 g/mol. The topological polar surface area (TPSA) is 92.0 Å². The molecule has 1 aliphatic heterocycles. The molecule has 0 aromatic heterocycles. The zero-order valence-electron chi connectivity index (χ0n) is 16.8. The molecule has 0 aliphatic carbocycles. The van der Waals surface area contributed by atoms with Gasteiger partial charge in [0.2, 0.25) is 0 Å². The number of ether oxygens (including phenoxy) is 1. The molecule has 0 bridgehead atoms. The Morgan fingerprint density at radius 2 is 1.82 bits per heavy atom. The first-order chi connectivity index (χ1) is 13.2. The minimum Gasteiger partial charge on any atom is -0.379 e. The van der Waals surface area contributed by atoms with Gasteiger partial charge in [-0.3, -0.25) is 9.69 Å². The number of nitrogens with zero attached hydrogens (tertiary/aromatic N) is 2. The molecule has 1 aromatic carbocycles. The van der Waals surface area contributed by atoms with Gasteiger partial charge >= 0.3 is 0 Å². The number of nitrogens with one attached hydrogen (secondary N) is 2. The molecule has 0 radical (unpaired) electrons. The van der Waals surface area contributed by atoms with E-state index in [0.29, 0.717) is 18.1 Å². The molecule has 1 fully saturated rings. The summed E-state index contributed by atoms with van der Waals surface area (Å²) in [5.74, 6) is 0.429. The van der Waals surface area contributed by atoms with Crippen LogP contribution >= 0.6 is 24.0 Å². The van der Waals surface area contributed by atoms with Gasteiger partial charge in [0.25, 0.3) is 5.91 Å². The van der Waals surface area contributed by atoms with E-state index < -0.39 is 0 Å². The van der Waals surface area contributed by atoms with Crippen LogP contribution in [0.3, 0.4) is 0 Å². The number of benzene rings is 1. The summed E-state index contributed by atoms with van der Waals surface area (Å²) in [4.78, 5) is 18.7. The lowest BCUT2D eigenvalue weighted by atomic mass is 10.1. The summed E-state index contributed by atoms with van der Waals surface area (Å²) < 4.78 is 5.34. The number of hydrogen-bond donors (Lipinski definition) is 3. The summed E-state index contributed by atoms with van der Waals surface area (Å²) in [7, 11) is 0. The van der Waals surface area contributed by atoms with Gasteiger partial charge in [-0.15, -0.1) is 24.0 Å². The highest BCUT2D eigenvalue weighted by Gasteiger charge is 2.09. The van der Waals surface area contributed by atoms with Crippen LogP contribution in [0.1, 0.15) is 42.1 Å². The number of hydrogen-bond acceptors (Lipinski definition) is 4. The summed E-state index contributed by atoms with van der Waals surface area (Å²) in [6, 6.07) is 7.50. The third-order valence-corrected chi connectivity index (χ3v) is 4.52. The zero-order valence-corrected chi connectivity index (χ0v) is 19.1. The van der Waals surface area contributed by atoms with E-state index in [2.05, 4.69) is 27.4 Å². The minimum atomic E-state index is -0.0278. The summed E-state index contributed by atoms with van der Waals surface area (Å²) in [5, 5.41) is 6.07. The van der Waals surface area contributed by atoms with Crippen molar-refractivity contribution in [3.05, 3.63) is 35.4 Å². The van der Waals surface area contributed by atoms with Crippen molar-refractivity contribution in [2.75, 3.05) is 45.9 Å². The monoisotopic (exact) mass is 503 g/mol. The van der Waals surface area contributed by atoms with Crippen LogP contribution in [0.5, 0.6) is 0 Å². The number of carbonyl (C=O) groups is 1. The van der Waals surface area contributed by atoms with Crippen LogP contribution in [-0.4, -0.2) is 62.7 Å². The number of aliphatic imine (C=N–C) groups is 1. The maximum atomic E-state index is 12.0. The molecule has 2 rings (SSSR count). The number of halogens is 1. The van der Waals surface area contributed by atoms with Crippen LogP contribution in [0.4, 0.5) is 0 Å². The molecule has 4 N–H and O–H groups in total. The van der Waals surface area contributed by atoms with Crippen LogP contribution in [0.2, 0.25) is 0 Å². The van der Waals surface area contributed by atoms with Crippen molar-refractivity contribution >= 4 is 35.8 Å². The normalized spacial score (nSPS) is 15.0. The molecule has 8 heteroatoms. The summed E-state index contributed by atoms with van der Waals surface area (Å²) in [5.41, 5.74) is 7.63. The first kappa shape index (κ1) is 24.6. The van der Waals surface area contributed by atoms with Gasteiger partial charge in [-0.1, -0.05) is 25.5 Å². The summed E-state index contributed by atoms with van der Waals surface area (Å²) >= 11 is 0. The van der Waals surface area contributed by atoms with E-state index in [1.165, 1.54) is 0 Å². The quantitative estimate of drug-likeness (QED) is 0.197. The average Bonchev–Trinajstić information content (AvgIpc) is 2.71. The zero-order chi connectivity index (χ0) is 19.3. The van der Waals surface area contributed by atoms with Crippen molar-refractivity contribution in [1.82, 2.24) is 15.5 Å². The fourth-order valence-electron chi connectivity index (χ4n) is 2.82. The molecule has 1 aromatic rings. The van der Waals surface area contributed by atoms with E-state index in [1.54, 1.807) is 0 Å². The van der Waals surface area contributed by atoms with Gasteiger partial charge in [0.05, 0.1) is 19.8 Å². The second-order valence-electron chi connectivity index (χ2n) is 6.74. The second kappa shape index (κ2) is 14.6. The standard InChI is InChI=1S/C20H33N5O2.HI/c1-2-3-9-22-19(26)18-7-5-17(6-8-18)16-24-20(21)23-10-4-11-25-12-14-27-15-13-25;/h5-8H,2-4,9-16H2,1H3,(H,22,26)(H3,21,23,24);1H. The van der Waals surface area contributed by atoms with Crippen LogP contribution in [0.15, 0.2) is 29.3 Å². The molecular formula is C20H34IN5O2. The van der Waals surface area contributed by atoms with E-state index in [1.807, 2.05) is 24.3 Å². The third-order valence-electron chi connectivity index (χ3n) is 4.52. The highest BCUT2D eigenvalue weighted by Crippen LogP contribution is 2.06. The predicted molar refractivity (Wildman–Crippen MR) is 124 cm³/mol. The molecule has 158 valence electrons. The lowest BCUT2D eigenvalue weighted by Crippen LogP contribution is -2.39. The lowest BCUT2D eigenvalue weighted by Gasteiger charge is -2.26. The number of guanidine groups is 1. The Balaban J connectivity index is 0.00000392. The molecule has 1 heterocycles. The Hall–Kier alpha value is -1.39. The van der Waals surface area contributed by atoms with Crippen molar-refractivity contribution in [3.8, 4) is 0 Å². The molecule has 0 saturated carbocycles. The van der Waals surface area contributed by atoms with Crippen molar-refractivity contribution in [2.45, 2.75) is 32.7 Å². The largest absolute Gasteiger partial charge is 0.379 e. The summed E-state index contributed by atoms with van der Waals surface area (Å²) in [6.07, 6.45) is 3.09. The number of morpholine rings is 1. The van der Waals surface area contributed by atoms with Gasteiger partial charge in [0, 0.05) is 31.7 Å². The molecule has 1 amide bonds. The Bertz CT molecular complexity index is 589. The molecule has 28 heavy (non-hydrogen) atoms. The number of unbranched alkanes of at least 4 members (excludes halogenated alkanes) is 1. The van der Waals surface area contributed by atoms with Crippen LogP contribution in [0.25, 0.3) is 0 Å². The highest BCUT2D eigenvalue weighted by molar-refractivity contribution is 14.0. The number of rotatable bonds is 10. The number of amides is 1.